The molecule has 0 bridgehead atoms. The monoisotopic (exact) mass is 265 g/mol. The van der Waals surface area contributed by atoms with E-state index < -0.39 is 5.54 Å². The molecule has 5 heteroatoms. The summed E-state index contributed by atoms with van der Waals surface area (Å²) in [6.45, 7) is 5.22. The number of fused-ring (bicyclic) bond motifs is 1. The SMILES string of the molecule is CN(CCC#N)C(=O)C1(N)C2CCCOC2C1(C)C. The Morgan fingerprint density at radius 1 is 1.58 bits per heavy atom. The minimum absolute atomic E-state index is 0.0560. The lowest BCUT2D eigenvalue weighted by Gasteiger charge is -2.65. The zero-order valence-corrected chi connectivity index (χ0v) is 12.0. The molecule has 1 amide bonds. The molecule has 2 fully saturated rings. The van der Waals surface area contributed by atoms with Crippen LogP contribution in [0.15, 0.2) is 0 Å². The zero-order valence-electron chi connectivity index (χ0n) is 12.0. The Balaban J connectivity index is 2.17. The van der Waals surface area contributed by atoms with E-state index in [-0.39, 0.29) is 23.3 Å². The Labute approximate surface area is 114 Å². The van der Waals surface area contributed by atoms with Crippen molar-refractivity contribution in [2.75, 3.05) is 20.2 Å². The van der Waals surface area contributed by atoms with Gasteiger partial charge in [-0.1, -0.05) is 13.8 Å². The largest absolute Gasteiger partial charge is 0.377 e. The second-order valence-corrected chi connectivity index (χ2v) is 6.27. The van der Waals surface area contributed by atoms with E-state index in [0.717, 1.165) is 19.4 Å². The summed E-state index contributed by atoms with van der Waals surface area (Å²) < 4.78 is 5.80. The van der Waals surface area contributed by atoms with Crippen molar-refractivity contribution in [2.45, 2.75) is 44.8 Å². The fourth-order valence-electron chi connectivity index (χ4n) is 3.65. The number of carbonyl (C=O) groups excluding carboxylic acids is 1. The first-order chi connectivity index (χ1) is 8.87. The summed E-state index contributed by atoms with van der Waals surface area (Å²) in [7, 11) is 1.72. The van der Waals surface area contributed by atoms with E-state index >= 15 is 0 Å². The molecule has 2 rings (SSSR count). The fraction of sp³-hybridized carbons (Fsp3) is 0.857. The van der Waals surface area contributed by atoms with Crippen LogP contribution in [-0.2, 0) is 9.53 Å². The average Bonchev–Trinajstić information content (AvgIpc) is 2.42. The van der Waals surface area contributed by atoms with E-state index in [1.807, 2.05) is 13.8 Å². The number of hydrogen-bond donors (Lipinski definition) is 1. The van der Waals surface area contributed by atoms with Gasteiger partial charge in [-0.2, -0.15) is 5.26 Å². The highest BCUT2D eigenvalue weighted by molar-refractivity contribution is 5.89. The Morgan fingerprint density at radius 3 is 2.89 bits per heavy atom. The van der Waals surface area contributed by atoms with Crippen molar-refractivity contribution in [3.8, 4) is 6.07 Å². The van der Waals surface area contributed by atoms with Crippen LogP contribution in [0.2, 0.25) is 0 Å². The normalized spacial score (nSPS) is 35.7. The molecule has 0 spiro atoms. The van der Waals surface area contributed by atoms with Gasteiger partial charge in [0.15, 0.2) is 0 Å². The number of nitriles is 1. The van der Waals surface area contributed by atoms with Crippen LogP contribution < -0.4 is 5.73 Å². The van der Waals surface area contributed by atoms with Crippen molar-refractivity contribution in [1.82, 2.24) is 4.90 Å². The number of amides is 1. The third-order valence-corrected chi connectivity index (χ3v) is 4.94. The first-order valence-corrected chi connectivity index (χ1v) is 6.90. The molecule has 0 aromatic rings. The van der Waals surface area contributed by atoms with Gasteiger partial charge in [-0.05, 0) is 12.8 Å². The van der Waals surface area contributed by atoms with Crippen LogP contribution in [0.5, 0.6) is 0 Å². The molecule has 1 aliphatic carbocycles. The molecule has 1 saturated carbocycles. The number of ether oxygens (including phenoxy) is 1. The Bertz CT molecular complexity index is 415. The van der Waals surface area contributed by atoms with E-state index in [0.29, 0.717) is 13.0 Å². The number of nitrogens with two attached hydrogens (primary N) is 1. The lowest BCUT2D eigenvalue weighted by Crippen LogP contribution is -2.82. The molecule has 2 aliphatic rings. The topological polar surface area (TPSA) is 79.4 Å². The van der Waals surface area contributed by atoms with Gasteiger partial charge in [0, 0.05) is 31.5 Å². The maximum atomic E-state index is 12.7. The Kier molecular flexibility index (Phi) is 3.59. The van der Waals surface area contributed by atoms with Gasteiger partial charge in [0.2, 0.25) is 5.91 Å². The molecule has 19 heavy (non-hydrogen) atoms. The quantitative estimate of drug-likeness (QED) is 0.822. The summed E-state index contributed by atoms with van der Waals surface area (Å²) >= 11 is 0. The molecule has 3 unspecified atom stereocenters. The third kappa shape index (κ3) is 1.86. The Morgan fingerprint density at radius 2 is 2.26 bits per heavy atom. The van der Waals surface area contributed by atoms with Crippen molar-refractivity contribution >= 4 is 5.91 Å². The van der Waals surface area contributed by atoms with Crippen molar-refractivity contribution < 1.29 is 9.53 Å². The van der Waals surface area contributed by atoms with E-state index in [1.165, 1.54) is 0 Å². The number of likely N-dealkylation sites (N-methyl/N-ethyl adjacent to an activating group) is 1. The number of nitrogens with zero attached hydrogens (tertiary/aromatic N) is 2. The zero-order chi connectivity index (χ0) is 14.3. The first kappa shape index (κ1) is 14.3. The van der Waals surface area contributed by atoms with Crippen LogP contribution in [0, 0.1) is 22.7 Å². The highest BCUT2D eigenvalue weighted by Crippen LogP contribution is 2.57. The molecule has 2 N–H and O–H groups in total. The van der Waals surface area contributed by atoms with Crippen LogP contribution in [0.25, 0.3) is 0 Å². The lowest BCUT2D eigenvalue weighted by atomic mass is 9.46. The predicted octanol–water partition coefficient (Wildman–Crippen LogP) is 0.891. The van der Waals surface area contributed by atoms with Crippen molar-refractivity contribution in [3.05, 3.63) is 0 Å². The molecule has 1 aliphatic heterocycles. The fourth-order valence-corrected chi connectivity index (χ4v) is 3.65. The molecular weight excluding hydrogens is 242 g/mol. The van der Waals surface area contributed by atoms with Crippen LogP contribution in [0.3, 0.4) is 0 Å². The van der Waals surface area contributed by atoms with Gasteiger partial charge < -0.3 is 15.4 Å². The Hall–Kier alpha value is -1.12. The number of hydrogen-bond acceptors (Lipinski definition) is 4. The molecule has 5 nitrogen and oxygen atoms in total. The summed E-state index contributed by atoms with van der Waals surface area (Å²) in [5, 5.41) is 8.62. The van der Waals surface area contributed by atoms with Gasteiger partial charge in [0.05, 0.1) is 18.6 Å². The van der Waals surface area contributed by atoms with Gasteiger partial charge >= 0.3 is 0 Å². The smallest absolute Gasteiger partial charge is 0.243 e. The standard InChI is InChI=1S/C14H23N3O2/c1-13(2)11-10(6-4-9-19-11)14(13,16)12(18)17(3)8-5-7-15/h10-11H,4-6,8-9,16H2,1-3H3. The van der Waals surface area contributed by atoms with Gasteiger partial charge in [-0.15, -0.1) is 0 Å². The summed E-state index contributed by atoms with van der Waals surface area (Å²) in [5.41, 5.74) is 5.29. The van der Waals surface area contributed by atoms with Crippen LogP contribution in [-0.4, -0.2) is 42.6 Å². The summed E-state index contributed by atoms with van der Waals surface area (Å²) in [4.78, 5) is 14.3. The summed E-state index contributed by atoms with van der Waals surface area (Å²) in [5.74, 6) is 0.0489. The third-order valence-electron chi connectivity index (χ3n) is 4.94. The van der Waals surface area contributed by atoms with E-state index in [9.17, 15) is 4.79 Å². The average molecular weight is 265 g/mol. The number of rotatable bonds is 3. The van der Waals surface area contributed by atoms with Crippen LogP contribution in [0.1, 0.15) is 33.1 Å². The van der Waals surface area contributed by atoms with Gasteiger partial charge in [-0.25, -0.2) is 0 Å². The van der Waals surface area contributed by atoms with E-state index in [4.69, 9.17) is 15.7 Å². The minimum atomic E-state index is -0.859. The van der Waals surface area contributed by atoms with Gasteiger partial charge in [0.25, 0.3) is 0 Å². The molecular formula is C14H23N3O2. The van der Waals surface area contributed by atoms with Crippen LogP contribution >= 0.6 is 0 Å². The van der Waals surface area contributed by atoms with E-state index in [1.54, 1.807) is 11.9 Å². The molecule has 106 valence electrons. The first-order valence-electron chi connectivity index (χ1n) is 6.90. The summed E-state index contributed by atoms with van der Waals surface area (Å²) in [6, 6.07) is 2.06. The van der Waals surface area contributed by atoms with Gasteiger partial charge in [-0.3, -0.25) is 4.79 Å². The van der Waals surface area contributed by atoms with Crippen molar-refractivity contribution in [1.29, 1.82) is 5.26 Å². The molecule has 0 aromatic heterocycles. The second kappa shape index (κ2) is 4.77. The molecule has 3 atom stereocenters. The van der Waals surface area contributed by atoms with Crippen LogP contribution in [0.4, 0.5) is 0 Å². The molecule has 0 aromatic carbocycles. The maximum absolute atomic E-state index is 12.7. The maximum Gasteiger partial charge on any atom is 0.243 e. The highest BCUT2D eigenvalue weighted by atomic mass is 16.5. The highest BCUT2D eigenvalue weighted by Gasteiger charge is 2.70. The predicted molar refractivity (Wildman–Crippen MR) is 71.0 cm³/mol. The molecule has 0 radical (unpaired) electrons. The lowest BCUT2D eigenvalue weighted by molar-refractivity contribution is -0.229. The molecule has 1 heterocycles. The molecule has 1 saturated heterocycles. The van der Waals surface area contributed by atoms with Gasteiger partial charge in [0.1, 0.15) is 5.54 Å². The summed E-state index contributed by atoms with van der Waals surface area (Å²) in [6.07, 6.45) is 2.33. The van der Waals surface area contributed by atoms with E-state index in [2.05, 4.69) is 6.07 Å². The number of carbonyl (C=O) groups is 1. The minimum Gasteiger partial charge on any atom is -0.377 e. The second-order valence-electron chi connectivity index (χ2n) is 6.27. The van der Waals surface area contributed by atoms with Crippen molar-refractivity contribution in [3.63, 3.8) is 0 Å². The van der Waals surface area contributed by atoms with Crippen molar-refractivity contribution in [2.24, 2.45) is 17.1 Å².